The lowest BCUT2D eigenvalue weighted by Crippen LogP contribution is -2.27. The molecular weight excluding hydrogens is 397 g/mol. The molecule has 1 atom stereocenters. The van der Waals surface area contributed by atoms with Gasteiger partial charge in [-0.2, -0.15) is 5.10 Å². The van der Waals surface area contributed by atoms with Crippen molar-refractivity contribution in [1.82, 2.24) is 15.1 Å². The first-order valence-electron chi connectivity index (χ1n) is 10.2. The Kier molecular flexibility index (Phi) is 6.63. The summed E-state index contributed by atoms with van der Waals surface area (Å²) in [6, 6.07) is 11.4. The van der Waals surface area contributed by atoms with Crippen molar-refractivity contribution in [3.05, 3.63) is 70.8 Å². The van der Waals surface area contributed by atoms with Crippen molar-refractivity contribution in [2.24, 2.45) is 0 Å². The molecule has 164 valence electrons. The van der Waals surface area contributed by atoms with Gasteiger partial charge in [-0.15, -0.1) is 0 Å². The van der Waals surface area contributed by atoms with Gasteiger partial charge in [-0.1, -0.05) is 6.07 Å². The van der Waals surface area contributed by atoms with Crippen molar-refractivity contribution < 1.29 is 18.7 Å². The van der Waals surface area contributed by atoms with Crippen LogP contribution >= 0.6 is 0 Å². The quantitative estimate of drug-likeness (QED) is 0.584. The second kappa shape index (κ2) is 9.20. The average molecular weight is 426 g/mol. The molecule has 7 heteroatoms. The van der Waals surface area contributed by atoms with Crippen LogP contribution in [0.15, 0.2) is 42.5 Å². The Morgan fingerprint density at radius 3 is 2.35 bits per heavy atom. The second-order valence-corrected chi connectivity index (χ2v) is 7.71. The Morgan fingerprint density at radius 1 is 1.06 bits per heavy atom. The molecule has 6 nitrogen and oxygen atoms in total. The summed E-state index contributed by atoms with van der Waals surface area (Å²) in [5.41, 5.74) is 3.38. The fourth-order valence-corrected chi connectivity index (χ4v) is 3.46. The lowest BCUT2D eigenvalue weighted by atomic mass is 10.1. The molecule has 31 heavy (non-hydrogen) atoms. The smallest absolute Gasteiger partial charge is 0.255 e. The molecule has 0 saturated heterocycles. The molecular formula is C24H28FN3O3. The number of carbonyl (C=O) groups excluding carboxylic acids is 1. The standard InChI is InChI=1S/C24H28FN3O3/c1-14(2)31-21-12-7-18(13-22(21)30-6)15(3)26-24(29)23-16(4)27-28(17(23)5)20-10-8-19(25)9-11-20/h7-15H,1-6H3,(H,26,29). The van der Waals surface area contributed by atoms with E-state index in [9.17, 15) is 9.18 Å². The van der Waals surface area contributed by atoms with Gasteiger partial charge in [0.05, 0.1) is 41.9 Å². The third kappa shape index (κ3) is 4.87. The number of nitrogens with one attached hydrogen (secondary N) is 1. The van der Waals surface area contributed by atoms with Crippen LogP contribution in [0.1, 0.15) is 54.1 Å². The van der Waals surface area contributed by atoms with E-state index in [1.165, 1.54) is 12.1 Å². The normalized spacial score (nSPS) is 12.0. The number of halogens is 1. The van der Waals surface area contributed by atoms with Crippen molar-refractivity contribution in [2.75, 3.05) is 7.11 Å². The molecule has 1 N–H and O–H groups in total. The predicted molar refractivity (Wildman–Crippen MR) is 118 cm³/mol. The minimum atomic E-state index is -0.322. The first-order chi connectivity index (χ1) is 14.7. The van der Waals surface area contributed by atoms with Gasteiger partial charge >= 0.3 is 0 Å². The summed E-state index contributed by atoms with van der Waals surface area (Å²) in [6.45, 7) is 9.42. The molecule has 1 unspecified atom stereocenters. The number of benzene rings is 2. The summed E-state index contributed by atoms with van der Waals surface area (Å²) in [4.78, 5) is 13.1. The number of hydrogen-bond acceptors (Lipinski definition) is 4. The molecule has 1 amide bonds. The van der Waals surface area contributed by atoms with E-state index in [0.717, 1.165) is 5.56 Å². The minimum Gasteiger partial charge on any atom is -0.493 e. The van der Waals surface area contributed by atoms with Crippen molar-refractivity contribution in [3.63, 3.8) is 0 Å². The third-order valence-electron chi connectivity index (χ3n) is 4.99. The molecule has 0 saturated carbocycles. The molecule has 3 aromatic rings. The van der Waals surface area contributed by atoms with Gasteiger partial charge in [-0.25, -0.2) is 9.07 Å². The van der Waals surface area contributed by atoms with Crippen LogP contribution in [0.25, 0.3) is 5.69 Å². The zero-order chi connectivity index (χ0) is 22.7. The van der Waals surface area contributed by atoms with Gasteiger partial charge in [-0.05, 0) is 76.6 Å². The molecule has 0 aliphatic heterocycles. The van der Waals surface area contributed by atoms with Crippen molar-refractivity contribution >= 4 is 5.91 Å². The Balaban J connectivity index is 1.82. The maximum Gasteiger partial charge on any atom is 0.255 e. The number of methoxy groups -OCH3 is 1. The molecule has 3 rings (SSSR count). The van der Waals surface area contributed by atoms with Crippen LogP contribution < -0.4 is 14.8 Å². The number of carbonyl (C=O) groups is 1. The highest BCUT2D eigenvalue weighted by molar-refractivity contribution is 5.96. The summed E-state index contributed by atoms with van der Waals surface area (Å²) in [6.07, 6.45) is 0.0282. The SMILES string of the molecule is COc1cc(C(C)NC(=O)c2c(C)nn(-c3ccc(F)cc3)c2C)ccc1OC(C)C. The van der Waals surface area contributed by atoms with E-state index in [2.05, 4.69) is 10.4 Å². The Morgan fingerprint density at radius 2 is 1.74 bits per heavy atom. The zero-order valence-electron chi connectivity index (χ0n) is 18.7. The molecule has 1 heterocycles. The minimum absolute atomic E-state index is 0.0282. The van der Waals surface area contributed by atoms with Crippen LogP contribution in [0, 0.1) is 19.7 Å². The number of hydrogen-bond donors (Lipinski definition) is 1. The van der Waals surface area contributed by atoms with Crippen LogP contribution in [-0.4, -0.2) is 28.9 Å². The van der Waals surface area contributed by atoms with Crippen LogP contribution in [0.3, 0.4) is 0 Å². The maximum atomic E-state index is 13.3. The highest BCUT2D eigenvalue weighted by atomic mass is 19.1. The first kappa shape index (κ1) is 22.3. The number of ether oxygens (including phenoxy) is 2. The molecule has 0 radical (unpaired) electrons. The molecule has 0 fully saturated rings. The van der Waals surface area contributed by atoms with Gasteiger partial charge in [0.25, 0.3) is 5.91 Å². The van der Waals surface area contributed by atoms with Crippen LogP contribution in [0.2, 0.25) is 0 Å². The highest BCUT2D eigenvalue weighted by Gasteiger charge is 2.22. The van der Waals surface area contributed by atoms with Crippen LogP contribution in [-0.2, 0) is 0 Å². The van der Waals surface area contributed by atoms with Gasteiger partial charge in [0.1, 0.15) is 5.82 Å². The zero-order valence-corrected chi connectivity index (χ0v) is 18.7. The van der Waals surface area contributed by atoms with E-state index < -0.39 is 0 Å². The monoisotopic (exact) mass is 425 g/mol. The average Bonchev–Trinajstić information content (AvgIpc) is 3.02. The second-order valence-electron chi connectivity index (χ2n) is 7.71. The van der Waals surface area contributed by atoms with E-state index in [1.54, 1.807) is 30.8 Å². The van der Waals surface area contributed by atoms with E-state index in [-0.39, 0.29) is 23.9 Å². The summed E-state index contributed by atoms with van der Waals surface area (Å²) in [7, 11) is 1.59. The summed E-state index contributed by atoms with van der Waals surface area (Å²) in [5, 5.41) is 7.51. The summed E-state index contributed by atoms with van der Waals surface area (Å²) >= 11 is 0. The molecule has 1 aromatic heterocycles. The van der Waals surface area contributed by atoms with Gasteiger partial charge in [0.15, 0.2) is 11.5 Å². The van der Waals surface area contributed by atoms with E-state index in [1.807, 2.05) is 45.9 Å². The predicted octanol–water partition coefficient (Wildman–Crippen LogP) is 4.92. The molecule has 0 spiro atoms. The van der Waals surface area contributed by atoms with Gasteiger partial charge in [0.2, 0.25) is 0 Å². The number of nitrogens with zero attached hydrogens (tertiary/aromatic N) is 2. The third-order valence-corrected chi connectivity index (χ3v) is 4.99. The van der Waals surface area contributed by atoms with Gasteiger partial charge in [-0.3, -0.25) is 4.79 Å². The lowest BCUT2D eigenvalue weighted by molar-refractivity contribution is 0.0938. The summed E-state index contributed by atoms with van der Waals surface area (Å²) < 4.78 is 26.1. The van der Waals surface area contributed by atoms with Crippen LogP contribution in [0.5, 0.6) is 11.5 Å². The number of rotatable bonds is 7. The number of amides is 1. The highest BCUT2D eigenvalue weighted by Crippen LogP contribution is 2.31. The molecule has 0 aliphatic carbocycles. The Labute approximate surface area is 182 Å². The first-order valence-corrected chi connectivity index (χ1v) is 10.2. The van der Waals surface area contributed by atoms with Crippen molar-refractivity contribution in [2.45, 2.75) is 46.8 Å². The number of aromatic nitrogens is 2. The van der Waals surface area contributed by atoms with E-state index >= 15 is 0 Å². The molecule has 2 aromatic carbocycles. The fraction of sp³-hybridized carbons (Fsp3) is 0.333. The lowest BCUT2D eigenvalue weighted by Gasteiger charge is -2.18. The number of aryl methyl sites for hydroxylation is 1. The summed E-state index contributed by atoms with van der Waals surface area (Å²) in [5.74, 6) is 0.727. The largest absolute Gasteiger partial charge is 0.493 e. The van der Waals surface area contributed by atoms with Gasteiger partial charge < -0.3 is 14.8 Å². The van der Waals surface area contributed by atoms with Crippen LogP contribution in [0.4, 0.5) is 4.39 Å². The molecule has 0 bridgehead atoms. The van der Waals surface area contributed by atoms with E-state index in [4.69, 9.17) is 9.47 Å². The van der Waals surface area contributed by atoms with Gasteiger partial charge in [0, 0.05) is 0 Å². The molecule has 0 aliphatic rings. The topological polar surface area (TPSA) is 65.4 Å². The Bertz CT molecular complexity index is 1070. The van der Waals surface area contributed by atoms with E-state index in [0.29, 0.717) is 34.1 Å². The van der Waals surface area contributed by atoms with Crippen molar-refractivity contribution in [3.8, 4) is 17.2 Å². The fourth-order valence-electron chi connectivity index (χ4n) is 3.46. The maximum absolute atomic E-state index is 13.3. The Hall–Kier alpha value is -3.35. The van der Waals surface area contributed by atoms with Crippen molar-refractivity contribution in [1.29, 1.82) is 0 Å².